The van der Waals surface area contributed by atoms with Crippen LogP contribution in [0.5, 0.6) is 0 Å². The van der Waals surface area contributed by atoms with Crippen molar-refractivity contribution in [3.05, 3.63) is 47.3 Å². The van der Waals surface area contributed by atoms with Crippen LogP contribution in [0, 0.1) is 17.7 Å². The third-order valence-electron chi connectivity index (χ3n) is 10.0. The number of hydrogen-bond acceptors (Lipinski definition) is 9. The van der Waals surface area contributed by atoms with E-state index in [1.807, 2.05) is 59.2 Å². The van der Waals surface area contributed by atoms with Crippen molar-refractivity contribution in [3.8, 4) is 0 Å². The minimum Gasteiger partial charge on any atom is -0.457 e. The summed E-state index contributed by atoms with van der Waals surface area (Å²) in [6.45, 7) is 9.81. The van der Waals surface area contributed by atoms with Gasteiger partial charge < -0.3 is 38.9 Å². The molecule has 2 saturated heterocycles. The summed E-state index contributed by atoms with van der Waals surface area (Å²) >= 11 is 0. The summed E-state index contributed by atoms with van der Waals surface area (Å²) in [6.07, 6.45) is 5.44. The van der Waals surface area contributed by atoms with Gasteiger partial charge in [-0.05, 0) is 81.0 Å². The summed E-state index contributed by atoms with van der Waals surface area (Å²) in [5, 5.41) is 10.7. The molecular formula is C37H55FN4O7. The molecule has 11 nitrogen and oxygen atoms in total. The molecule has 49 heavy (non-hydrogen) atoms. The Balaban J connectivity index is 1.52. The van der Waals surface area contributed by atoms with Crippen LogP contribution < -0.4 is 4.90 Å². The molecule has 3 aliphatic rings. The van der Waals surface area contributed by atoms with Gasteiger partial charge in [-0.2, -0.15) is 0 Å². The van der Waals surface area contributed by atoms with Crippen molar-refractivity contribution in [2.75, 3.05) is 72.0 Å². The maximum atomic E-state index is 15.0. The van der Waals surface area contributed by atoms with Crippen LogP contribution in [-0.4, -0.2) is 129 Å². The van der Waals surface area contributed by atoms with Gasteiger partial charge >= 0.3 is 12.1 Å². The maximum absolute atomic E-state index is 15.0. The molecule has 0 radical (unpaired) electrons. The van der Waals surface area contributed by atoms with Gasteiger partial charge in [0.25, 0.3) is 0 Å². The summed E-state index contributed by atoms with van der Waals surface area (Å²) in [7, 11) is 5.47. The Hall–Kier alpha value is -3.48. The Morgan fingerprint density at radius 1 is 1.02 bits per heavy atom. The zero-order chi connectivity index (χ0) is 35.7. The van der Waals surface area contributed by atoms with Crippen LogP contribution in [0.15, 0.2) is 35.9 Å². The standard InChI is InChI=1S/C37H55FN4O7/c1-25-7-9-32(43)23-35(45)49-36(26(2)8-10-33(25)48-37(46)42-17-15-39(4)16-18-42)27(3)19-28-20-29(38)22-31(21-28)40(5)30-11-13-41(14-12-30)34(44)24-47-6/h8,10,19-22,25-26,30,32-33,36,43H,7,9,11-18,23-24H2,1-6H3/b10-8-,27-19+/t25-,26-,32+,33-,36-/m0/s1. The fourth-order valence-corrected chi connectivity index (χ4v) is 6.79. The number of halogens is 1. The summed E-state index contributed by atoms with van der Waals surface area (Å²) in [5.41, 5.74) is 2.05. The molecule has 3 heterocycles. The smallest absolute Gasteiger partial charge is 0.410 e. The van der Waals surface area contributed by atoms with Crippen LogP contribution in [0.1, 0.15) is 58.4 Å². The van der Waals surface area contributed by atoms with Crippen molar-refractivity contribution in [2.45, 2.75) is 77.2 Å². The van der Waals surface area contributed by atoms with Crippen molar-refractivity contribution in [3.63, 3.8) is 0 Å². The lowest BCUT2D eigenvalue weighted by molar-refractivity contribution is -0.151. The zero-order valence-electron chi connectivity index (χ0n) is 30.0. The van der Waals surface area contributed by atoms with Gasteiger partial charge in [0.15, 0.2) is 0 Å². The van der Waals surface area contributed by atoms with E-state index < -0.39 is 24.3 Å². The normalized spacial score (nSPS) is 27.5. The number of aliphatic hydroxyl groups excluding tert-OH is 1. The van der Waals surface area contributed by atoms with Gasteiger partial charge in [-0.3, -0.25) is 9.59 Å². The zero-order valence-corrected chi connectivity index (χ0v) is 30.0. The maximum Gasteiger partial charge on any atom is 0.410 e. The Kier molecular flexibility index (Phi) is 14.0. The van der Waals surface area contributed by atoms with Crippen molar-refractivity contribution in [1.29, 1.82) is 0 Å². The molecule has 3 aliphatic heterocycles. The molecule has 1 N–H and O–H groups in total. The number of rotatable bonds is 7. The number of carbonyl (C=O) groups is 3. The minimum atomic E-state index is -0.890. The number of benzene rings is 1. The van der Waals surface area contributed by atoms with E-state index in [1.165, 1.54) is 19.2 Å². The highest BCUT2D eigenvalue weighted by Crippen LogP contribution is 2.29. The first-order chi connectivity index (χ1) is 23.3. The highest BCUT2D eigenvalue weighted by Gasteiger charge is 2.30. The van der Waals surface area contributed by atoms with Crippen LogP contribution in [0.2, 0.25) is 0 Å². The average molecular weight is 687 g/mol. The molecule has 0 bridgehead atoms. The second kappa shape index (κ2) is 18.0. The van der Waals surface area contributed by atoms with Crippen molar-refractivity contribution in [1.82, 2.24) is 14.7 Å². The number of methoxy groups -OCH3 is 1. The summed E-state index contributed by atoms with van der Waals surface area (Å²) in [4.78, 5) is 46.1. The van der Waals surface area contributed by atoms with Gasteiger partial charge in [0, 0.05) is 71.1 Å². The molecule has 0 aliphatic carbocycles. The first-order valence-corrected chi connectivity index (χ1v) is 17.5. The van der Waals surface area contributed by atoms with E-state index in [0.29, 0.717) is 55.8 Å². The van der Waals surface area contributed by atoms with Crippen molar-refractivity contribution >= 4 is 29.7 Å². The van der Waals surface area contributed by atoms with E-state index in [1.54, 1.807) is 9.80 Å². The molecule has 272 valence electrons. The summed E-state index contributed by atoms with van der Waals surface area (Å²) < 4.78 is 32.0. The number of hydrogen-bond donors (Lipinski definition) is 1. The van der Waals surface area contributed by atoms with Crippen molar-refractivity contribution < 1.29 is 38.1 Å². The molecule has 0 unspecified atom stereocenters. The highest BCUT2D eigenvalue weighted by molar-refractivity contribution is 5.77. The Morgan fingerprint density at radius 3 is 2.39 bits per heavy atom. The van der Waals surface area contributed by atoms with Crippen LogP contribution in [-0.2, 0) is 23.8 Å². The number of nitrogens with zero attached hydrogens (tertiary/aromatic N) is 4. The third-order valence-corrected chi connectivity index (χ3v) is 10.0. The Morgan fingerprint density at radius 2 is 1.71 bits per heavy atom. The number of anilines is 1. The molecule has 12 heteroatoms. The number of cyclic esters (lactones) is 1. The topological polar surface area (TPSA) is 112 Å². The molecule has 5 atom stereocenters. The van der Waals surface area contributed by atoms with Crippen LogP contribution in [0.4, 0.5) is 14.9 Å². The lowest BCUT2D eigenvalue weighted by Gasteiger charge is -2.38. The molecule has 0 spiro atoms. The summed E-state index contributed by atoms with van der Waals surface area (Å²) in [6, 6.07) is 4.99. The van der Waals surface area contributed by atoms with E-state index in [2.05, 4.69) is 9.80 Å². The molecule has 4 rings (SSSR count). The quantitative estimate of drug-likeness (QED) is 0.331. The average Bonchev–Trinajstić information content (AvgIpc) is 3.07. The number of piperidine rings is 1. The van der Waals surface area contributed by atoms with Crippen LogP contribution in [0.25, 0.3) is 6.08 Å². The van der Waals surface area contributed by atoms with Gasteiger partial charge in [-0.15, -0.1) is 0 Å². The monoisotopic (exact) mass is 686 g/mol. The van der Waals surface area contributed by atoms with Crippen LogP contribution >= 0.6 is 0 Å². The molecule has 0 aromatic heterocycles. The fraction of sp³-hybridized carbons (Fsp3) is 0.649. The molecule has 0 saturated carbocycles. The molecule has 2 fully saturated rings. The van der Waals surface area contributed by atoms with E-state index in [-0.39, 0.29) is 48.7 Å². The number of aliphatic hydroxyl groups is 1. The molecule has 1 aromatic rings. The van der Waals surface area contributed by atoms with Gasteiger partial charge in [0.05, 0.1) is 12.5 Å². The molecule has 1 aromatic carbocycles. The van der Waals surface area contributed by atoms with Crippen LogP contribution in [0.3, 0.4) is 0 Å². The minimum absolute atomic E-state index is 0.0278. The Labute approximate surface area is 290 Å². The number of ether oxygens (including phenoxy) is 3. The fourth-order valence-electron chi connectivity index (χ4n) is 6.79. The van der Waals surface area contributed by atoms with E-state index >= 15 is 4.39 Å². The van der Waals surface area contributed by atoms with Crippen molar-refractivity contribution in [2.24, 2.45) is 11.8 Å². The lowest BCUT2D eigenvalue weighted by atomic mass is 9.91. The van der Waals surface area contributed by atoms with Gasteiger partial charge in [-0.1, -0.05) is 26.0 Å². The third kappa shape index (κ3) is 11.0. The van der Waals surface area contributed by atoms with E-state index in [4.69, 9.17) is 14.2 Å². The van der Waals surface area contributed by atoms with Gasteiger partial charge in [-0.25, -0.2) is 9.18 Å². The molecule has 2 amide bonds. The number of likely N-dealkylation sites (tertiary alicyclic amines) is 1. The number of piperazine rings is 1. The largest absolute Gasteiger partial charge is 0.457 e. The number of esters is 1. The summed E-state index contributed by atoms with van der Waals surface area (Å²) in [5.74, 6) is -1.31. The molecular weight excluding hydrogens is 631 g/mol. The second-order valence-corrected chi connectivity index (χ2v) is 14.0. The predicted molar refractivity (Wildman–Crippen MR) is 186 cm³/mol. The number of likely N-dealkylation sites (N-methyl/N-ethyl adjacent to an activating group) is 1. The van der Waals surface area contributed by atoms with Gasteiger partial charge in [0.2, 0.25) is 5.91 Å². The first kappa shape index (κ1) is 38.3. The number of carbonyl (C=O) groups excluding carboxylic acids is 3. The first-order valence-electron chi connectivity index (χ1n) is 17.5. The van der Waals surface area contributed by atoms with E-state index in [9.17, 15) is 19.5 Å². The Bertz CT molecular complexity index is 1340. The SMILES string of the molecule is COCC(=O)N1CCC(N(C)c2cc(F)cc(/C=C(\C)[C@H]3OC(=O)C[C@H](O)CC[C@H](C)[C@@H](OC(=O)N4CCN(C)CC4)/C=C\[C@@H]3C)c2)CC1. The lowest BCUT2D eigenvalue weighted by Crippen LogP contribution is -2.48. The highest BCUT2D eigenvalue weighted by atomic mass is 19.1. The van der Waals surface area contributed by atoms with E-state index in [0.717, 1.165) is 25.9 Å². The second-order valence-electron chi connectivity index (χ2n) is 14.0. The predicted octanol–water partition coefficient (Wildman–Crippen LogP) is 4.34. The van der Waals surface area contributed by atoms with Gasteiger partial charge in [0.1, 0.15) is 24.6 Å². The number of amides is 2.